The highest BCUT2D eigenvalue weighted by Gasteiger charge is 2.37. The molecule has 1 aliphatic heterocycles. The molecule has 0 aromatic rings. The van der Waals surface area contributed by atoms with E-state index in [2.05, 4.69) is 5.32 Å². The van der Waals surface area contributed by atoms with E-state index in [1.54, 1.807) is 0 Å². The van der Waals surface area contributed by atoms with Gasteiger partial charge in [-0.2, -0.15) is 0 Å². The van der Waals surface area contributed by atoms with Crippen LogP contribution >= 0.6 is 0 Å². The topological polar surface area (TPSA) is 84.9 Å². The van der Waals surface area contributed by atoms with Gasteiger partial charge in [-0.15, -0.1) is 0 Å². The van der Waals surface area contributed by atoms with E-state index < -0.39 is 18.2 Å². The van der Waals surface area contributed by atoms with Gasteiger partial charge in [-0.1, -0.05) is 12.8 Å². The Morgan fingerprint density at radius 1 is 1.27 bits per heavy atom. The van der Waals surface area contributed by atoms with Crippen LogP contribution in [0.25, 0.3) is 0 Å². The highest BCUT2D eigenvalue weighted by Crippen LogP contribution is 2.40. The number of rotatable bonds is 8. The van der Waals surface area contributed by atoms with Crippen molar-refractivity contribution in [1.29, 1.82) is 0 Å². The summed E-state index contributed by atoms with van der Waals surface area (Å²) in [6, 6.07) is 0. The summed E-state index contributed by atoms with van der Waals surface area (Å²) < 4.78 is 10.8. The largest absolute Gasteiger partial charge is 0.479 e. The Hall–Kier alpha value is -1.14. The molecule has 1 amide bonds. The highest BCUT2D eigenvalue weighted by molar-refractivity contribution is 5.82. The van der Waals surface area contributed by atoms with Gasteiger partial charge in [-0.25, -0.2) is 4.79 Å². The molecular weight excluding hydrogens is 286 g/mol. The van der Waals surface area contributed by atoms with E-state index in [1.807, 2.05) is 6.92 Å². The fraction of sp³-hybridized carbons (Fsp3) is 0.875. The molecular formula is C16H27NO5. The van der Waals surface area contributed by atoms with Crippen LogP contribution in [0.5, 0.6) is 0 Å². The van der Waals surface area contributed by atoms with Crippen LogP contribution in [0.3, 0.4) is 0 Å². The molecule has 1 heterocycles. The summed E-state index contributed by atoms with van der Waals surface area (Å²) in [5.74, 6) is -1.16. The third-order valence-corrected chi connectivity index (χ3v) is 4.87. The quantitative estimate of drug-likeness (QED) is 0.667. The lowest BCUT2D eigenvalue weighted by atomic mass is 9.83. The Bertz CT molecular complexity index is 392. The molecule has 1 aliphatic carbocycles. The van der Waals surface area contributed by atoms with Crippen LogP contribution in [0.15, 0.2) is 0 Å². The van der Waals surface area contributed by atoms with E-state index in [1.165, 1.54) is 12.8 Å². The second-order valence-electron chi connectivity index (χ2n) is 6.40. The van der Waals surface area contributed by atoms with Crippen molar-refractivity contribution in [2.24, 2.45) is 5.41 Å². The highest BCUT2D eigenvalue weighted by atomic mass is 16.5. The first-order valence-electron chi connectivity index (χ1n) is 8.30. The first-order valence-corrected chi connectivity index (χ1v) is 8.30. The second-order valence-corrected chi connectivity index (χ2v) is 6.40. The summed E-state index contributed by atoms with van der Waals surface area (Å²) in [5.41, 5.74) is 0.135. The lowest BCUT2D eigenvalue weighted by Crippen LogP contribution is -2.42. The molecule has 6 nitrogen and oxygen atoms in total. The molecule has 0 bridgehead atoms. The fourth-order valence-corrected chi connectivity index (χ4v) is 3.47. The van der Waals surface area contributed by atoms with E-state index in [4.69, 9.17) is 14.6 Å². The van der Waals surface area contributed by atoms with Crippen LogP contribution in [0, 0.1) is 5.41 Å². The lowest BCUT2D eigenvalue weighted by molar-refractivity contribution is -0.151. The summed E-state index contributed by atoms with van der Waals surface area (Å²) >= 11 is 0. The van der Waals surface area contributed by atoms with Crippen LogP contribution in [-0.2, 0) is 19.1 Å². The lowest BCUT2D eigenvalue weighted by Gasteiger charge is -2.29. The first-order chi connectivity index (χ1) is 10.6. The summed E-state index contributed by atoms with van der Waals surface area (Å²) in [7, 11) is 0. The van der Waals surface area contributed by atoms with Crippen molar-refractivity contribution in [2.75, 3.05) is 19.8 Å². The number of nitrogens with one attached hydrogen (secondary N) is 1. The number of aliphatic carboxylic acids is 1. The van der Waals surface area contributed by atoms with E-state index in [0.29, 0.717) is 19.4 Å². The van der Waals surface area contributed by atoms with Crippen molar-refractivity contribution in [3.05, 3.63) is 0 Å². The number of hydrogen-bond donors (Lipinski definition) is 2. The minimum absolute atomic E-state index is 0.135. The van der Waals surface area contributed by atoms with Crippen LogP contribution in [0.1, 0.15) is 51.9 Å². The molecule has 0 spiro atoms. The number of amides is 1. The molecule has 22 heavy (non-hydrogen) atoms. The van der Waals surface area contributed by atoms with Gasteiger partial charge in [0.25, 0.3) is 0 Å². The van der Waals surface area contributed by atoms with E-state index in [-0.39, 0.29) is 11.3 Å². The third-order valence-electron chi connectivity index (χ3n) is 4.87. The maximum Gasteiger partial charge on any atom is 0.332 e. The van der Waals surface area contributed by atoms with Crippen molar-refractivity contribution in [3.63, 3.8) is 0 Å². The van der Waals surface area contributed by atoms with Crippen molar-refractivity contribution in [1.82, 2.24) is 5.32 Å². The van der Waals surface area contributed by atoms with Crippen LogP contribution in [0.2, 0.25) is 0 Å². The van der Waals surface area contributed by atoms with Crippen LogP contribution in [-0.4, -0.2) is 48.9 Å². The van der Waals surface area contributed by atoms with E-state index in [9.17, 15) is 9.59 Å². The predicted octanol–water partition coefficient (Wildman–Crippen LogP) is 1.72. The minimum Gasteiger partial charge on any atom is -0.479 e. The predicted molar refractivity (Wildman–Crippen MR) is 80.6 cm³/mol. The van der Waals surface area contributed by atoms with Crippen LogP contribution < -0.4 is 5.32 Å². The maximum atomic E-state index is 12.2. The summed E-state index contributed by atoms with van der Waals surface area (Å²) in [6.07, 6.45) is 5.02. The van der Waals surface area contributed by atoms with E-state index >= 15 is 0 Å². The number of carboxylic acids is 1. The molecule has 2 atom stereocenters. The van der Waals surface area contributed by atoms with Gasteiger partial charge >= 0.3 is 5.97 Å². The molecule has 2 rings (SSSR count). The number of hydrogen-bond acceptors (Lipinski definition) is 4. The molecule has 6 heteroatoms. The molecule has 126 valence electrons. The standard InChI is InChI=1S/C16H27NO5/c1-2-21-10-9-16(7-3-4-8-16)11-17-14(18)12-5-6-13(22-12)15(19)20/h12-13H,2-11H2,1H3,(H,17,18)(H,19,20)/t12-,13+/m0/s1. The average molecular weight is 313 g/mol. The number of ether oxygens (including phenoxy) is 2. The zero-order chi connectivity index (χ0) is 16.0. The molecule has 2 aliphatic rings. The van der Waals surface area contributed by atoms with Gasteiger partial charge in [0.2, 0.25) is 5.91 Å². The molecule has 0 unspecified atom stereocenters. The van der Waals surface area contributed by atoms with Gasteiger partial charge < -0.3 is 19.9 Å². The number of carbonyl (C=O) groups excluding carboxylic acids is 1. The molecule has 0 aromatic heterocycles. The number of carboxylic acid groups (broad SMARTS) is 1. The Labute approximate surface area is 131 Å². The first kappa shape index (κ1) is 17.2. The SMILES string of the molecule is CCOCCC1(CNC(=O)[C@@H]2CC[C@H](C(=O)O)O2)CCCC1. The zero-order valence-corrected chi connectivity index (χ0v) is 13.3. The Kier molecular flexibility index (Phi) is 6.20. The Morgan fingerprint density at radius 2 is 1.95 bits per heavy atom. The van der Waals surface area contributed by atoms with Gasteiger partial charge in [0.05, 0.1) is 0 Å². The fourth-order valence-electron chi connectivity index (χ4n) is 3.47. The molecule has 0 aromatic carbocycles. The zero-order valence-electron chi connectivity index (χ0n) is 13.3. The van der Waals surface area contributed by atoms with Crippen LogP contribution in [0.4, 0.5) is 0 Å². The summed E-state index contributed by atoms with van der Waals surface area (Å²) in [4.78, 5) is 23.0. The molecule has 2 N–H and O–H groups in total. The monoisotopic (exact) mass is 313 g/mol. The summed E-state index contributed by atoms with van der Waals surface area (Å²) in [5, 5.41) is 11.9. The van der Waals surface area contributed by atoms with Crippen molar-refractivity contribution in [3.8, 4) is 0 Å². The van der Waals surface area contributed by atoms with Crippen molar-refractivity contribution < 1.29 is 24.2 Å². The van der Waals surface area contributed by atoms with Gasteiger partial charge in [0.1, 0.15) is 6.10 Å². The Balaban J connectivity index is 1.79. The van der Waals surface area contributed by atoms with E-state index in [0.717, 1.165) is 32.5 Å². The van der Waals surface area contributed by atoms with Gasteiger partial charge in [0.15, 0.2) is 6.10 Å². The number of carbonyl (C=O) groups is 2. The minimum atomic E-state index is -0.987. The third kappa shape index (κ3) is 4.43. The maximum absolute atomic E-state index is 12.2. The van der Waals surface area contributed by atoms with Gasteiger partial charge in [-0.05, 0) is 44.4 Å². The Morgan fingerprint density at radius 3 is 2.55 bits per heavy atom. The van der Waals surface area contributed by atoms with Crippen molar-refractivity contribution >= 4 is 11.9 Å². The molecule has 1 saturated carbocycles. The molecule has 1 saturated heterocycles. The smallest absolute Gasteiger partial charge is 0.332 e. The normalized spacial score (nSPS) is 27.0. The summed E-state index contributed by atoms with van der Waals surface area (Å²) in [6.45, 7) is 4.07. The average Bonchev–Trinajstić information content (AvgIpc) is 3.15. The van der Waals surface area contributed by atoms with Crippen molar-refractivity contribution in [2.45, 2.75) is 64.1 Å². The second kappa shape index (κ2) is 7.92. The van der Waals surface area contributed by atoms with Gasteiger partial charge in [0, 0.05) is 19.8 Å². The van der Waals surface area contributed by atoms with Gasteiger partial charge in [-0.3, -0.25) is 4.79 Å². The molecule has 0 radical (unpaired) electrons. The molecule has 2 fully saturated rings.